The molecule has 0 N–H and O–H groups in total. The van der Waals surface area contributed by atoms with E-state index < -0.39 is 0 Å². The smallest absolute Gasteiger partial charge is 0.0630 e. The van der Waals surface area contributed by atoms with Gasteiger partial charge in [0.1, 0.15) is 0 Å². The fourth-order valence-electron chi connectivity index (χ4n) is 3.12. The van der Waals surface area contributed by atoms with Crippen molar-refractivity contribution in [2.24, 2.45) is 4.99 Å². The first-order valence-electron chi connectivity index (χ1n) is 8.85. The van der Waals surface area contributed by atoms with Crippen LogP contribution >= 0.6 is 11.6 Å². The van der Waals surface area contributed by atoms with Crippen LogP contribution in [0.1, 0.15) is 43.3 Å². The summed E-state index contributed by atoms with van der Waals surface area (Å²) >= 11 is 6.15. The summed E-state index contributed by atoms with van der Waals surface area (Å²) in [5.41, 5.74) is 6.93. The van der Waals surface area contributed by atoms with Gasteiger partial charge >= 0.3 is 0 Å². The van der Waals surface area contributed by atoms with Crippen molar-refractivity contribution in [3.63, 3.8) is 0 Å². The van der Waals surface area contributed by atoms with Gasteiger partial charge in [0.2, 0.25) is 0 Å². The lowest BCUT2D eigenvalue weighted by atomic mass is 9.87. The highest BCUT2D eigenvalue weighted by Gasteiger charge is 2.13. The van der Waals surface area contributed by atoms with Gasteiger partial charge in [0.05, 0.1) is 5.69 Å². The standard InChI is InChI=1S/C23H25ClN2/c1-16-13-18(17(2)26(16)22-8-6-7-20(24)14-22)15-25-21-11-9-19(10-12-21)23(3,4)5/h6-15H,1-5H3. The monoisotopic (exact) mass is 364 g/mol. The summed E-state index contributed by atoms with van der Waals surface area (Å²) in [6.45, 7) is 10.9. The largest absolute Gasteiger partial charge is 0.318 e. The molecule has 0 amide bonds. The normalized spacial score (nSPS) is 12.1. The Kier molecular flexibility index (Phi) is 5.06. The van der Waals surface area contributed by atoms with E-state index in [-0.39, 0.29) is 5.41 Å². The molecule has 3 rings (SSSR count). The summed E-state index contributed by atoms with van der Waals surface area (Å²) < 4.78 is 2.20. The molecule has 0 aliphatic carbocycles. The van der Waals surface area contributed by atoms with Crippen molar-refractivity contribution in [3.8, 4) is 5.69 Å². The third kappa shape index (κ3) is 3.91. The van der Waals surface area contributed by atoms with E-state index in [1.807, 2.05) is 24.4 Å². The van der Waals surface area contributed by atoms with Crippen molar-refractivity contribution in [2.75, 3.05) is 0 Å². The highest BCUT2D eigenvalue weighted by atomic mass is 35.5. The van der Waals surface area contributed by atoms with Gasteiger partial charge in [-0.3, -0.25) is 4.99 Å². The van der Waals surface area contributed by atoms with Gasteiger partial charge in [-0.05, 0) is 61.2 Å². The molecular weight excluding hydrogens is 340 g/mol. The molecule has 3 heteroatoms. The number of hydrogen-bond acceptors (Lipinski definition) is 1. The lowest BCUT2D eigenvalue weighted by Crippen LogP contribution is -2.10. The van der Waals surface area contributed by atoms with E-state index in [1.54, 1.807) is 0 Å². The molecule has 0 saturated carbocycles. The van der Waals surface area contributed by atoms with E-state index in [0.717, 1.165) is 33.3 Å². The van der Waals surface area contributed by atoms with Crippen LogP contribution in [-0.4, -0.2) is 10.8 Å². The van der Waals surface area contributed by atoms with Crippen LogP contribution in [0.4, 0.5) is 5.69 Å². The SMILES string of the molecule is Cc1cc(C=Nc2ccc(C(C)(C)C)cc2)c(C)n1-c1cccc(Cl)c1. The third-order valence-corrected chi connectivity index (χ3v) is 4.86. The molecule has 1 aromatic heterocycles. The van der Waals surface area contributed by atoms with Gasteiger partial charge in [0.25, 0.3) is 0 Å². The van der Waals surface area contributed by atoms with Crippen molar-refractivity contribution < 1.29 is 0 Å². The van der Waals surface area contributed by atoms with Crippen LogP contribution in [0.5, 0.6) is 0 Å². The lowest BCUT2D eigenvalue weighted by Gasteiger charge is -2.18. The Morgan fingerprint density at radius 2 is 1.65 bits per heavy atom. The third-order valence-electron chi connectivity index (χ3n) is 4.62. The Hall–Kier alpha value is -2.32. The fourth-order valence-corrected chi connectivity index (χ4v) is 3.31. The average Bonchev–Trinajstić information content (AvgIpc) is 2.86. The molecular formula is C23H25ClN2. The van der Waals surface area contributed by atoms with Crippen LogP contribution in [0, 0.1) is 13.8 Å². The van der Waals surface area contributed by atoms with Crippen LogP contribution in [-0.2, 0) is 5.41 Å². The fraction of sp³-hybridized carbons (Fsp3) is 0.261. The van der Waals surface area contributed by atoms with Crippen molar-refractivity contribution in [2.45, 2.75) is 40.0 Å². The van der Waals surface area contributed by atoms with Crippen molar-refractivity contribution >= 4 is 23.5 Å². The molecule has 2 nitrogen and oxygen atoms in total. The number of halogens is 1. The Morgan fingerprint density at radius 3 is 2.27 bits per heavy atom. The van der Waals surface area contributed by atoms with Crippen LogP contribution in [0.3, 0.4) is 0 Å². The minimum atomic E-state index is 0.157. The number of nitrogens with zero attached hydrogens (tertiary/aromatic N) is 2. The minimum absolute atomic E-state index is 0.157. The van der Waals surface area contributed by atoms with Gasteiger partial charge in [0.15, 0.2) is 0 Å². The average molecular weight is 365 g/mol. The molecule has 134 valence electrons. The van der Waals surface area contributed by atoms with Crippen molar-refractivity contribution in [1.82, 2.24) is 4.57 Å². The summed E-state index contributed by atoms with van der Waals surface area (Å²) in [7, 11) is 0. The minimum Gasteiger partial charge on any atom is -0.318 e. The second-order valence-electron chi connectivity index (χ2n) is 7.70. The first-order valence-corrected chi connectivity index (χ1v) is 9.23. The summed E-state index contributed by atoms with van der Waals surface area (Å²) in [5.74, 6) is 0. The Morgan fingerprint density at radius 1 is 0.962 bits per heavy atom. The molecule has 2 aromatic carbocycles. The number of rotatable bonds is 3. The number of aliphatic imine (C=N–C) groups is 1. The molecule has 26 heavy (non-hydrogen) atoms. The van der Waals surface area contributed by atoms with E-state index in [9.17, 15) is 0 Å². The van der Waals surface area contributed by atoms with Gasteiger partial charge in [-0.15, -0.1) is 0 Å². The summed E-state index contributed by atoms with van der Waals surface area (Å²) in [6, 6.07) is 18.5. The number of benzene rings is 2. The zero-order chi connectivity index (χ0) is 18.9. The molecule has 0 fully saturated rings. The zero-order valence-corrected chi connectivity index (χ0v) is 16.8. The Labute approximate surface area is 161 Å². The first kappa shape index (κ1) is 18.5. The Bertz CT molecular complexity index is 941. The molecule has 0 radical (unpaired) electrons. The molecule has 0 saturated heterocycles. The maximum atomic E-state index is 6.15. The molecule has 3 aromatic rings. The number of aryl methyl sites for hydroxylation is 1. The van der Waals surface area contributed by atoms with Crippen molar-refractivity contribution in [3.05, 3.63) is 82.1 Å². The predicted molar refractivity (Wildman–Crippen MR) is 113 cm³/mol. The van der Waals surface area contributed by atoms with Crippen LogP contribution in [0.25, 0.3) is 5.69 Å². The molecule has 0 aliphatic rings. The summed E-state index contributed by atoms with van der Waals surface area (Å²) in [4.78, 5) is 4.66. The Balaban J connectivity index is 1.89. The second kappa shape index (κ2) is 7.13. The molecule has 0 aliphatic heterocycles. The van der Waals surface area contributed by atoms with E-state index in [2.05, 4.69) is 80.6 Å². The topological polar surface area (TPSA) is 17.3 Å². The summed E-state index contributed by atoms with van der Waals surface area (Å²) in [5, 5.41) is 0.740. The number of aromatic nitrogens is 1. The highest BCUT2D eigenvalue weighted by Crippen LogP contribution is 2.25. The van der Waals surface area contributed by atoms with Crippen LogP contribution in [0.15, 0.2) is 59.6 Å². The maximum absolute atomic E-state index is 6.15. The van der Waals surface area contributed by atoms with Gasteiger partial charge in [0, 0.05) is 33.9 Å². The predicted octanol–water partition coefficient (Wildman–Crippen LogP) is 6.80. The molecule has 0 atom stereocenters. The first-order chi connectivity index (χ1) is 12.3. The quantitative estimate of drug-likeness (QED) is 0.455. The van der Waals surface area contributed by atoms with E-state index in [0.29, 0.717) is 0 Å². The zero-order valence-electron chi connectivity index (χ0n) is 16.0. The van der Waals surface area contributed by atoms with Gasteiger partial charge in [-0.25, -0.2) is 0 Å². The summed E-state index contributed by atoms with van der Waals surface area (Å²) in [6.07, 6.45) is 1.94. The van der Waals surface area contributed by atoms with Gasteiger partial charge in [-0.2, -0.15) is 0 Å². The second-order valence-corrected chi connectivity index (χ2v) is 8.13. The van der Waals surface area contributed by atoms with Gasteiger partial charge < -0.3 is 4.57 Å². The van der Waals surface area contributed by atoms with E-state index in [1.165, 1.54) is 5.56 Å². The molecule has 1 heterocycles. The van der Waals surface area contributed by atoms with E-state index in [4.69, 9.17) is 11.6 Å². The molecule has 0 unspecified atom stereocenters. The van der Waals surface area contributed by atoms with E-state index >= 15 is 0 Å². The highest BCUT2D eigenvalue weighted by molar-refractivity contribution is 6.30. The molecule has 0 spiro atoms. The van der Waals surface area contributed by atoms with Crippen molar-refractivity contribution in [1.29, 1.82) is 0 Å². The molecule has 0 bridgehead atoms. The van der Waals surface area contributed by atoms with Gasteiger partial charge in [-0.1, -0.05) is 50.6 Å². The van der Waals surface area contributed by atoms with Crippen LogP contribution < -0.4 is 0 Å². The van der Waals surface area contributed by atoms with Crippen LogP contribution in [0.2, 0.25) is 5.02 Å². The number of hydrogen-bond donors (Lipinski definition) is 0. The maximum Gasteiger partial charge on any atom is 0.0630 e. The lowest BCUT2D eigenvalue weighted by molar-refractivity contribution is 0.590.